The lowest BCUT2D eigenvalue weighted by molar-refractivity contribution is -0.150. The fourth-order valence-electron chi connectivity index (χ4n) is 4.46. The largest absolute Gasteiger partial charge is 0.494 e. The molecule has 0 aromatic heterocycles. The number of ether oxygens (including phenoxy) is 2. The van der Waals surface area contributed by atoms with Gasteiger partial charge in [0, 0.05) is 13.0 Å². The molecule has 3 rings (SSSR count). The second-order valence-electron chi connectivity index (χ2n) is 12.1. The van der Waals surface area contributed by atoms with E-state index in [1.807, 2.05) is 52.8 Å². The molecule has 1 aromatic carbocycles. The van der Waals surface area contributed by atoms with Crippen LogP contribution in [0, 0.1) is 6.92 Å². The number of rotatable bonds is 6. The van der Waals surface area contributed by atoms with Crippen LogP contribution in [0.25, 0.3) is 0 Å². The molecule has 10 nitrogen and oxygen atoms in total. The normalized spacial score (nSPS) is 21.6. The van der Waals surface area contributed by atoms with Gasteiger partial charge in [-0.15, -0.1) is 0 Å². The standard InChI is InChI=1S/C27H42BN3O7/c1-17-13-18(15-19(14-17)28-37-26(5,6)27(7,8)38-28)16-21(29-24(34)36-25(2,3)4)22(32)31-12-10-11-20(30-31)23(33)35-9/h13-15,20-21,30H,10-12,16H2,1-9H3,(H,29,34)/t20-,21-/m0/s1. The summed E-state index contributed by atoms with van der Waals surface area (Å²) in [6.07, 6.45) is 0.675. The predicted octanol–water partition coefficient (Wildman–Crippen LogP) is 2.40. The maximum atomic E-state index is 13.6. The molecule has 2 atom stereocenters. The Morgan fingerprint density at radius 1 is 1.16 bits per heavy atom. The fourth-order valence-corrected chi connectivity index (χ4v) is 4.46. The Labute approximate surface area is 226 Å². The number of nitrogens with one attached hydrogen (secondary N) is 2. The molecule has 0 bridgehead atoms. The van der Waals surface area contributed by atoms with E-state index in [0.717, 1.165) is 16.6 Å². The van der Waals surface area contributed by atoms with Gasteiger partial charge in [0.2, 0.25) is 0 Å². The number of amides is 2. The highest BCUT2D eigenvalue weighted by atomic mass is 16.7. The van der Waals surface area contributed by atoms with Crippen molar-refractivity contribution in [1.29, 1.82) is 0 Å². The molecule has 11 heteroatoms. The van der Waals surface area contributed by atoms with Crippen LogP contribution in [0.15, 0.2) is 18.2 Å². The third-order valence-electron chi connectivity index (χ3n) is 7.05. The van der Waals surface area contributed by atoms with Crippen LogP contribution in [-0.4, -0.2) is 72.6 Å². The molecule has 2 fully saturated rings. The summed E-state index contributed by atoms with van der Waals surface area (Å²) < 4.78 is 22.7. The summed E-state index contributed by atoms with van der Waals surface area (Å²) in [5, 5.41) is 4.13. The van der Waals surface area contributed by atoms with Crippen LogP contribution < -0.4 is 16.2 Å². The fraction of sp³-hybridized carbons (Fsp3) is 0.667. The van der Waals surface area contributed by atoms with Crippen LogP contribution in [0.2, 0.25) is 0 Å². The highest BCUT2D eigenvalue weighted by Crippen LogP contribution is 2.36. The van der Waals surface area contributed by atoms with E-state index in [0.29, 0.717) is 19.4 Å². The van der Waals surface area contributed by atoms with Gasteiger partial charge in [0.05, 0.1) is 18.3 Å². The van der Waals surface area contributed by atoms with Crippen LogP contribution >= 0.6 is 0 Å². The molecule has 0 radical (unpaired) electrons. The van der Waals surface area contributed by atoms with E-state index in [4.69, 9.17) is 18.8 Å². The lowest BCUT2D eigenvalue weighted by Crippen LogP contribution is -2.60. The van der Waals surface area contributed by atoms with Crippen molar-refractivity contribution in [3.63, 3.8) is 0 Å². The van der Waals surface area contributed by atoms with Crippen LogP contribution in [0.3, 0.4) is 0 Å². The van der Waals surface area contributed by atoms with E-state index >= 15 is 0 Å². The van der Waals surface area contributed by atoms with Gasteiger partial charge < -0.3 is 24.1 Å². The van der Waals surface area contributed by atoms with Gasteiger partial charge in [-0.2, -0.15) is 0 Å². The molecule has 0 unspecified atom stereocenters. The Morgan fingerprint density at radius 3 is 2.37 bits per heavy atom. The summed E-state index contributed by atoms with van der Waals surface area (Å²) in [6, 6.07) is 4.33. The molecule has 2 aliphatic rings. The molecule has 38 heavy (non-hydrogen) atoms. The molecule has 0 spiro atoms. The van der Waals surface area contributed by atoms with E-state index in [-0.39, 0.29) is 12.3 Å². The van der Waals surface area contributed by atoms with Crippen LogP contribution in [-0.2, 0) is 34.8 Å². The molecule has 0 aliphatic carbocycles. The lowest BCUT2D eigenvalue weighted by atomic mass is 9.77. The smallest absolute Gasteiger partial charge is 0.468 e. The number of carbonyl (C=O) groups is 3. The highest BCUT2D eigenvalue weighted by Gasteiger charge is 2.51. The third-order valence-corrected chi connectivity index (χ3v) is 7.05. The molecule has 2 saturated heterocycles. The second-order valence-corrected chi connectivity index (χ2v) is 12.1. The van der Waals surface area contributed by atoms with Gasteiger partial charge in [0.15, 0.2) is 0 Å². The van der Waals surface area contributed by atoms with Crippen LogP contribution in [0.4, 0.5) is 4.79 Å². The molecule has 2 amide bonds. The van der Waals surface area contributed by atoms with Crippen molar-refractivity contribution in [2.75, 3.05) is 13.7 Å². The molecule has 0 saturated carbocycles. The predicted molar refractivity (Wildman–Crippen MR) is 144 cm³/mol. The van der Waals surface area contributed by atoms with E-state index in [1.165, 1.54) is 12.1 Å². The van der Waals surface area contributed by atoms with E-state index in [9.17, 15) is 14.4 Å². The van der Waals surface area contributed by atoms with Crippen molar-refractivity contribution in [3.05, 3.63) is 29.3 Å². The maximum absolute atomic E-state index is 13.6. The van der Waals surface area contributed by atoms with Gasteiger partial charge in [0.1, 0.15) is 17.7 Å². The topological polar surface area (TPSA) is 115 Å². The zero-order chi connectivity index (χ0) is 28.5. The monoisotopic (exact) mass is 531 g/mol. The molecule has 2 N–H and O–H groups in total. The maximum Gasteiger partial charge on any atom is 0.494 e. The molecule has 210 valence electrons. The molecular weight excluding hydrogens is 489 g/mol. The van der Waals surface area contributed by atoms with E-state index in [2.05, 4.69) is 10.7 Å². The minimum atomic E-state index is -0.943. The van der Waals surface area contributed by atoms with Crippen molar-refractivity contribution in [2.24, 2.45) is 0 Å². The van der Waals surface area contributed by atoms with Crippen LogP contribution in [0.1, 0.15) is 72.4 Å². The third kappa shape index (κ3) is 7.27. The number of esters is 1. The first-order chi connectivity index (χ1) is 17.5. The lowest BCUT2D eigenvalue weighted by Gasteiger charge is -2.35. The number of hydrazine groups is 1. The second kappa shape index (κ2) is 11.2. The van der Waals surface area contributed by atoms with Gasteiger partial charge in [-0.25, -0.2) is 10.2 Å². The summed E-state index contributed by atoms with van der Waals surface area (Å²) in [5.74, 6) is -0.812. The minimum absolute atomic E-state index is 0.202. The Balaban J connectivity index is 1.86. The van der Waals surface area contributed by atoms with Gasteiger partial charge in [-0.05, 0) is 79.3 Å². The Hall–Kier alpha value is -2.63. The quantitative estimate of drug-likeness (QED) is 0.425. The Morgan fingerprint density at radius 2 is 1.79 bits per heavy atom. The number of hydrogen-bond donors (Lipinski definition) is 2. The summed E-state index contributed by atoms with van der Waals surface area (Å²) in [6.45, 7) is 15.6. The minimum Gasteiger partial charge on any atom is -0.468 e. The number of alkyl carbamates (subject to hydrolysis) is 1. The molecule has 2 heterocycles. The first-order valence-electron chi connectivity index (χ1n) is 13.1. The van der Waals surface area contributed by atoms with Crippen molar-refractivity contribution in [1.82, 2.24) is 15.8 Å². The number of hydrogen-bond acceptors (Lipinski definition) is 8. The van der Waals surface area contributed by atoms with Crippen molar-refractivity contribution in [2.45, 2.75) is 104 Å². The van der Waals surface area contributed by atoms with Gasteiger partial charge in [0.25, 0.3) is 5.91 Å². The summed E-state index contributed by atoms with van der Waals surface area (Å²) in [7, 11) is 0.753. The summed E-state index contributed by atoms with van der Waals surface area (Å²) >= 11 is 0. The summed E-state index contributed by atoms with van der Waals surface area (Å²) in [5.41, 5.74) is 3.87. The SMILES string of the molecule is COC(=O)[C@@H]1CCCN(C(=O)[C@H](Cc2cc(C)cc(B3OC(C)(C)C(C)(C)O3)c2)NC(=O)OC(C)(C)C)N1. The molecule has 1 aromatic rings. The zero-order valence-corrected chi connectivity index (χ0v) is 24.1. The van der Waals surface area contributed by atoms with Crippen molar-refractivity contribution < 1.29 is 33.2 Å². The van der Waals surface area contributed by atoms with Gasteiger partial charge >= 0.3 is 19.2 Å². The van der Waals surface area contributed by atoms with Crippen molar-refractivity contribution >= 4 is 30.6 Å². The number of benzene rings is 1. The van der Waals surface area contributed by atoms with Gasteiger partial charge in [-0.1, -0.05) is 23.8 Å². The zero-order valence-electron chi connectivity index (χ0n) is 24.1. The number of nitrogens with zero attached hydrogens (tertiary/aromatic N) is 1. The number of aryl methyl sites for hydroxylation is 1. The Kier molecular flexibility index (Phi) is 8.85. The Bertz CT molecular complexity index is 1040. The average molecular weight is 531 g/mol. The first-order valence-corrected chi connectivity index (χ1v) is 13.1. The molecule has 2 aliphatic heterocycles. The number of carbonyl (C=O) groups excluding carboxylic acids is 3. The highest BCUT2D eigenvalue weighted by molar-refractivity contribution is 6.62. The summed E-state index contributed by atoms with van der Waals surface area (Å²) in [4.78, 5) is 38.4. The van der Waals surface area contributed by atoms with E-state index in [1.54, 1.807) is 20.8 Å². The molecular formula is C27H42BN3O7. The first kappa shape index (κ1) is 29.9. The van der Waals surface area contributed by atoms with Crippen LogP contribution in [0.5, 0.6) is 0 Å². The van der Waals surface area contributed by atoms with Gasteiger partial charge in [-0.3, -0.25) is 14.6 Å². The number of methoxy groups -OCH3 is 1. The van der Waals surface area contributed by atoms with Crippen molar-refractivity contribution in [3.8, 4) is 0 Å². The van der Waals surface area contributed by atoms with E-state index < -0.39 is 48.1 Å². The average Bonchev–Trinajstić information content (AvgIpc) is 3.03.